The van der Waals surface area contributed by atoms with Gasteiger partial charge in [0.1, 0.15) is 0 Å². The van der Waals surface area contributed by atoms with E-state index in [1.807, 2.05) is 0 Å². The fraction of sp³-hybridized carbons (Fsp3) is 0.417. The summed E-state index contributed by atoms with van der Waals surface area (Å²) in [6, 6.07) is 6.38. The first-order chi connectivity index (χ1) is 7.13. The van der Waals surface area contributed by atoms with Gasteiger partial charge in [0, 0.05) is 5.75 Å². The second-order valence-corrected chi connectivity index (χ2v) is 4.48. The molecule has 0 aliphatic heterocycles. The zero-order valence-corrected chi connectivity index (χ0v) is 10.2. The van der Waals surface area contributed by atoms with E-state index in [0.717, 1.165) is 5.75 Å². The van der Waals surface area contributed by atoms with Crippen LogP contribution in [0.25, 0.3) is 0 Å². The Kier molecular flexibility index (Phi) is 4.69. The van der Waals surface area contributed by atoms with Crippen molar-refractivity contribution in [1.29, 1.82) is 0 Å². The van der Waals surface area contributed by atoms with E-state index in [1.54, 1.807) is 11.8 Å². The van der Waals surface area contributed by atoms with Crippen LogP contribution in [0.5, 0.6) is 0 Å². The number of hydrogen-bond donors (Lipinski definition) is 0. The summed E-state index contributed by atoms with van der Waals surface area (Å²) in [5, 5.41) is 0. The lowest BCUT2D eigenvalue weighted by atomic mass is 10.1. The molecule has 0 bridgehead atoms. The van der Waals surface area contributed by atoms with E-state index in [-0.39, 0.29) is 5.97 Å². The number of hydrogen-bond acceptors (Lipinski definition) is 3. The van der Waals surface area contributed by atoms with Crippen molar-refractivity contribution in [2.24, 2.45) is 0 Å². The van der Waals surface area contributed by atoms with Crippen molar-refractivity contribution in [3.8, 4) is 0 Å². The summed E-state index contributed by atoms with van der Waals surface area (Å²) in [6.45, 7) is 4.17. The fourth-order valence-corrected chi connectivity index (χ4v) is 2.18. The van der Waals surface area contributed by atoms with Gasteiger partial charge in [0.15, 0.2) is 0 Å². The Morgan fingerprint density at radius 3 is 2.80 bits per heavy atom. The summed E-state index contributed by atoms with van der Waals surface area (Å²) in [5.74, 6) is 1.12. The van der Waals surface area contributed by atoms with E-state index in [9.17, 15) is 4.79 Å². The maximum Gasteiger partial charge on any atom is 0.315 e. The van der Waals surface area contributed by atoms with E-state index in [0.29, 0.717) is 5.75 Å². The van der Waals surface area contributed by atoms with Gasteiger partial charge in [0.2, 0.25) is 0 Å². The van der Waals surface area contributed by atoms with Crippen molar-refractivity contribution in [2.45, 2.75) is 19.6 Å². The van der Waals surface area contributed by atoms with Crippen LogP contribution in [0.3, 0.4) is 0 Å². The number of benzene rings is 1. The summed E-state index contributed by atoms with van der Waals surface area (Å²) < 4.78 is 4.58. The molecule has 1 rings (SSSR count). The number of esters is 1. The Morgan fingerprint density at radius 2 is 2.13 bits per heavy atom. The quantitative estimate of drug-likeness (QED) is 0.736. The average Bonchev–Trinajstić information content (AvgIpc) is 2.23. The van der Waals surface area contributed by atoms with Gasteiger partial charge in [-0.1, -0.05) is 23.8 Å². The maximum absolute atomic E-state index is 10.9. The first-order valence-electron chi connectivity index (χ1n) is 4.84. The standard InChI is InChI=1S/C12H16O2S/c1-9-4-5-10(2)11(6-9)7-15-8-12(13)14-3/h4-6H,7-8H2,1-3H3. The number of methoxy groups -OCH3 is 1. The van der Waals surface area contributed by atoms with Crippen LogP contribution in [0.4, 0.5) is 0 Å². The highest BCUT2D eigenvalue weighted by molar-refractivity contribution is 7.99. The Balaban J connectivity index is 2.50. The summed E-state index contributed by atoms with van der Waals surface area (Å²) in [5.41, 5.74) is 3.83. The Hall–Kier alpha value is -0.960. The highest BCUT2D eigenvalue weighted by Crippen LogP contribution is 2.17. The molecule has 0 saturated carbocycles. The van der Waals surface area contributed by atoms with Crippen LogP contribution in [0.2, 0.25) is 0 Å². The minimum absolute atomic E-state index is 0.162. The van der Waals surface area contributed by atoms with Crippen LogP contribution in [0, 0.1) is 13.8 Å². The molecule has 1 aromatic rings. The molecule has 0 saturated heterocycles. The van der Waals surface area contributed by atoms with Gasteiger partial charge in [-0.25, -0.2) is 0 Å². The normalized spacial score (nSPS) is 10.1. The smallest absolute Gasteiger partial charge is 0.315 e. The van der Waals surface area contributed by atoms with Crippen LogP contribution in [-0.2, 0) is 15.3 Å². The van der Waals surface area contributed by atoms with Gasteiger partial charge >= 0.3 is 5.97 Å². The number of aryl methyl sites for hydroxylation is 2. The van der Waals surface area contributed by atoms with E-state index >= 15 is 0 Å². The predicted octanol–water partition coefficient (Wildman–Crippen LogP) is 2.71. The lowest BCUT2D eigenvalue weighted by Gasteiger charge is -2.06. The molecule has 0 aromatic heterocycles. The van der Waals surface area contributed by atoms with Gasteiger partial charge < -0.3 is 4.74 Å². The molecule has 0 radical (unpaired) electrons. The van der Waals surface area contributed by atoms with Gasteiger partial charge in [-0.05, 0) is 25.0 Å². The number of carbonyl (C=O) groups is 1. The topological polar surface area (TPSA) is 26.3 Å². The Morgan fingerprint density at radius 1 is 1.40 bits per heavy atom. The van der Waals surface area contributed by atoms with Crippen molar-refractivity contribution in [1.82, 2.24) is 0 Å². The molecule has 2 nitrogen and oxygen atoms in total. The SMILES string of the molecule is COC(=O)CSCc1cc(C)ccc1C. The fourth-order valence-electron chi connectivity index (χ4n) is 1.26. The molecule has 0 spiro atoms. The first kappa shape index (κ1) is 12.1. The lowest BCUT2D eigenvalue weighted by molar-refractivity contribution is -0.137. The number of thioether (sulfide) groups is 1. The summed E-state index contributed by atoms with van der Waals surface area (Å²) in [4.78, 5) is 10.9. The lowest BCUT2D eigenvalue weighted by Crippen LogP contribution is -2.03. The Bertz CT molecular complexity index is 347. The van der Waals surface area contributed by atoms with Gasteiger partial charge in [0.25, 0.3) is 0 Å². The summed E-state index contributed by atoms with van der Waals surface area (Å²) in [6.07, 6.45) is 0. The minimum Gasteiger partial charge on any atom is -0.468 e. The molecular weight excluding hydrogens is 208 g/mol. The molecule has 0 aliphatic rings. The van der Waals surface area contributed by atoms with Crippen molar-refractivity contribution in [2.75, 3.05) is 12.9 Å². The van der Waals surface area contributed by atoms with Crippen LogP contribution < -0.4 is 0 Å². The average molecular weight is 224 g/mol. The third-order valence-corrected chi connectivity index (χ3v) is 3.16. The minimum atomic E-state index is -0.162. The third kappa shape index (κ3) is 3.96. The monoisotopic (exact) mass is 224 g/mol. The van der Waals surface area contributed by atoms with E-state index in [4.69, 9.17) is 0 Å². The van der Waals surface area contributed by atoms with E-state index in [1.165, 1.54) is 23.8 Å². The van der Waals surface area contributed by atoms with Gasteiger partial charge in [0.05, 0.1) is 12.9 Å². The van der Waals surface area contributed by atoms with Crippen molar-refractivity contribution in [3.05, 3.63) is 34.9 Å². The zero-order chi connectivity index (χ0) is 11.3. The first-order valence-corrected chi connectivity index (χ1v) is 5.99. The zero-order valence-electron chi connectivity index (χ0n) is 9.37. The van der Waals surface area contributed by atoms with Gasteiger partial charge in [-0.3, -0.25) is 4.79 Å². The molecule has 1 aromatic carbocycles. The predicted molar refractivity (Wildman–Crippen MR) is 64.1 cm³/mol. The molecule has 82 valence electrons. The van der Waals surface area contributed by atoms with Crippen LogP contribution in [0.15, 0.2) is 18.2 Å². The summed E-state index contributed by atoms with van der Waals surface area (Å²) in [7, 11) is 1.42. The van der Waals surface area contributed by atoms with Crippen molar-refractivity contribution < 1.29 is 9.53 Å². The van der Waals surface area contributed by atoms with Gasteiger partial charge in [-0.2, -0.15) is 0 Å². The third-order valence-electron chi connectivity index (χ3n) is 2.21. The molecule has 0 N–H and O–H groups in total. The molecule has 3 heteroatoms. The van der Waals surface area contributed by atoms with Crippen molar-refractivity contribution in [3.63, 3.8) is 0 Å². The molecule has 0 unspecified atom stereocenters. The Labute approximate surface area is 95.0 Å². The maximum atomic E-state index is 10.9. The molecule has 0 amide bonds. The highest BCUT2D eigenvalue weighted by Gasteiger charge is 2.03. The van der Waals surface area contributed by atoms with E-state index in [2.05, 4.69) is 36.8 Å². The summed E-state index contributed by atoms with van der Waals surface area (Å²) >= 11 is 1.59. The van der Waals surface area contributed by atoms with Crippen molar-refractivity contribution >= 4 is 17.7 Å². The number of rotatable bonds is 4. The largest absolute Gasteiger partial charge is 0.468 e. The highest BCUT2D eigenvalue weighted by atomic mass is 32.2. The molecule has 0 fully saturated rings. The van der Waals surface area contributed by atoms with Crippen LogP contribution >= 0.6 is 11.8 Å². The van der Waals surface area contributed by atoms with Crippen LogP contribution in [-0.4, -0.2) is 18.8 Å². The molecular formula is C12H16O2S. The van der Waals surface area contributed by atoms with Crippen LogP contribution in [0.1, 0.15) is 16.7 Å². The number of ether oxygens (including phenoxy) is 1. The number of carbonyl (C=O) groups excluding carboxylic acids is 1. The molecule has 0 aliphatic carbocycles. The second kappa shape index (κ2) is 5.81. The van der Waals surface area contributed by atoms with Gasteiger partial charge in [-0.15, -0.1) is 11.8 Å². The molecule has 0 heterocycles. The second-order valence-electron chi connectivity index (χ2n) is 3.50. The molecule has 0 atom stereocenters. The van der Waals surface area contributed by atoms with E-state index < -0.39 is 0 Å². The molecule has 15 heavy (non-hydrogen) atoms.